The highest BCUT2D eigenvalue weighted by Gasteiger charge is 2.18. The van der Waals surface area contributed by atoms with E-state index in [1.165, 1.54) is 6.07 Å². The van der Waals surface area contributed by atoms with E-state index in [2.05, 4.69) is 16.0 Å². The Labute approximate surface area is 133 Å². The number of imide groups is 1. The fourth-order valence-electron chi connectivity index (χ4n) is 2.61. The molecule has 0 heterocycles. The maximum absolute atomic E-state index is 13.2. The van der Waals surface area contributed by atoms with Gasteiger partial charge in [-0.3, -0.25) is 10.1 Å². The first kappa shape index (κ1) is 17.3. The Morgan fingerprint density at radius 1 is 1.22 bits per heavy atom. The average molecular weight is 325 g/mol. The van der Waals surface area contributed by atoms with Crippen LogP contribution in [0, 0.1) is 11.6 Å². The summed E-state index contributed by atoms with van der Waals surface area (Å²) in [5, 5.41) is 7.86. The van der Waals surface area contributed by atoms with Gasteiger partial charge in [-0.2, -0.15) is 0 Å². The Hall–Kier alpha value is -2.02. The molecular formula is C16H21F2N3O2. The van der Waals surface area contributed by atoms with Crippen molar-refractivity contribution in [2.45, 2.75) is 44.7 Å². The molecule has 0 aromatic heterocycles. The second-order valence-electron chi connectivity index (χ2n) is 5.78. The summed E-state index contributed by atoms with van der Waals surface area (Å²) in [6.07, 6.45) is 4.05. The monoisotopic (exact) mass is 325 g/mol. The van der Waals surface area contributed by atoms with Gasteiger partial charge in [-0.15, -0.1) is 0 Å². The first-order chi connectivity index (χ1) is 11.0. The largest absolute Gasteiger partial charge is 0.335 e. The summed E-state index contributed by atoms with van der Waals surface area (Å²) in [4.78, 5) is 23.4. The fourth-order valence-corrected chi connectivity index (χ4v) is 2.61. The van der Waals surface area contributed by atoms with Gasteiger partial charge in [0.05, 0.1) is 6.54 Å². The molecule has 126 valence electrons. The summed E-state index contributed by atoms with van der Waals surface area (Å²) in [5.74, 6) is -2.33. The number of carbonyl (C=O) groups is 2. The molecule has 1 aliphatic rings. The first-order valence-electron chi connectivity index (χ1n) is 7.74. The number of nitrogens with one attached hydrogen (secondary N) is 3. The standard InChI is InChI=1S/C16H21F2N3O2/c1-10(11-6-7-13(17)14(18)8-11)19-9-15(22)21-16(23)20-12-4-2-3-5-12/h6-8,10,12,19H,2-5,9H2,1H3,(H2,20,21,22,23)/t10-/m1/s1. The lowest BCUT2D eigenvalue weighted by atomic mass is 10.1. The van der Waals surface area contributed by atoms with Gasteiger partial charge in [0, 0.05) is 12.1 Å². The third-order valence-electron chi connectivity index (χ3n) is 3.96. The Balaban J connectivity index is 1.74. The topological polar surface area (TPSA) is 70.2 Å². The smallest absolute Gasteiger partial charge is 0.321 e. The molecule has 3 amide bonds. The van der Waals surface area contributed by atoms with Crippen molar-refractivity contribution in [3.8, 4) is 0 Å². The summed E-state index contributed by atoms with van der Waals surface area (Å²) in [5.41, 5.74) is 0.520. The summed E-state index contributed by atoms with van der Waals surface area (Å²) < 4.78 is 26.1. The van der Waals surface area contributed by atoms with Crippen molar-refractivity contribution in [1.29, 1.82) is 0 Å². The van der Waals surface area contributed by atoms with Crippen LogP contribution in [0.1, 0.15) is 44.2 Å². The molecule has 1 aliphatic carbocycles. The highest BCUT2D eigenvalue weighted by Crippen LogP contribution is 2.17. The van der Waals surface area contributed by atoms with Crippen LogP contribution in [0.2, 0.25) is 0 Å². The van der Waals surface area contributed by atoms with Crippen LogP contribution in [-0.2, 0) is 4.79 Å². The molecule has 5 nitrogen and oxygen atoms in total. The Morgan fingerprint density at radius 2 is 1.91 bits per heavy atom. The lowest BCUT2D eigenvalue weighted by molar-refractivity contribution is -0.119. The van der Waals surface area contributed by atoms with Gasteiger partial charge in [0.2, 0.25) is 5.91 Å². The maximum atomic E-state index is 13.2. The molecule has 0 bridgehead atoms. The van der Waals surface area contributed by atoms with Crippen LogP contribution in [0.3, 0.4) is 0 Å². The van der Waals surface area contributed by atoms with Gasteiger partial charge in [-0.1, -0.05) is 18.9 Å². The molecule has 0 saturated heterocycles. The van der Waals surface area contributed by atoms with Crippen molar-refractivity contribution in [3.63, 3.8) is 0 Å². The summed E-state index contributed by atoms with van der Waals surface area (Å²) in [6.45, 7) is 1.62. The number of rotatable bonds is 5. The number of benzene rings is 1. The predicted molar refractivity (Wildman–Crippen MR) is 81.7 cm³/mol. The van der Waals surface area contributed by atoms with Crippen LogP contribution < -0.4 is 16.0 Å². The zero-order valence-electron chi connectivity index (χ0n) is 13.0. The van der Waals surface area contributed by atoms with E-state index in [4.69, 9.17) is 0 Å². The van der Waals surface area contributed by atoms with Crippen LogP contribution >= 0.6 is 0 Å². The van der Waals surface area contributed by atoms with Crippen LogP contribution in [0.4, 0.5) is 13.6 Å². The third kappa shape index (κ3) is 5.28. The minimum atomic E-state index is -0.934. The van der Waals surface area contributed by atoms with Crippen molar-refractivity contribution < 1.29 is 18.4 Å². The van der Waals surface area contributed by atoms with Crippen LogP contribution in [-0.4, -0.2) is 24.5 Å². The van der Waals surface area contributed by atoms with Gasteiger partial charge in [-0.25, -0.2) is 13.6 Å². The normalized spacial score (nSPS) is 16.1. The van der Waals surface area contributed by atoms with Gasteiger partial charge in [0.15, 0.2) is 11.6 Å². The molecule has 7 heteroatoms. The second-order valence-corrected chi connectivity index (χ2v) is 5.78. The summed E-state index contributed by atoms with van der Waals surface area (Å²) in [7, 11) is 0. The number of amides is 3. The van der Waals surface area contributed by atoms with E-state index in [0.717, 1.165) is 37.8 Å². The molecule has 0 radical (unpaired) electrons. The highest BCUT2D eigenvalue weighted by atomic mass is 19.2. The van der Waals surface area contributed by atoms with Gasteiger partial charge >= 0.3 is 6.03 Å². The molecule has 0 spiro atoms. The maximum Gasteiger partial charge on any atom is 0.321 e. The molecular weight excluding hydrogens is 304 g/mol. The van der Waals surface area contributed by atoms with Gasteiger partial charge < -0.3 is 10.6 Å². The minimum Gasteiger partial charge on any atom is -0.335 e. The average Bonchev–Trinajstić information content (AvgIpc) is 3.00. The van der Waals surface area contributed by atoms with Gasteiger partial charge in [0.1, 0.15) is 0 Å². The molecule has 0 unspecified atom stereocenters. The zero-order valence-corrected chi connectivity index (χ0v) is 13.0. The van der Waals surface area contributed by atoms with Crippen LogP contribution in [0.5, 0.6) is 0 Å². The molecule has 23 heavy (non-hydrogen) atoms. The van der Waals surface area contributed by atoms with Crippen molar-refractivity contribution >= 4 is 11.9 Å². The van der Waals surface area contributed by atoms with E-state index in [9.17, 15) is 18.4 Å². The zero-order chi connectivity index (χ0) is 16.8. The van der Waals surface area contributed by atoms with Crippen molar-refractivity contribution in [3.05, 3.63) is 35.4 Å². The van der Waals surface area contributed by atoms with Crippen molar-refractivity contribution in [1.82, 2.24) is 16.0 Å². The molecule has 2 rings (SSSR count). The van der Waals surface area contributed by atoms with Gasteiger partial charge in [-0.05, 0) is 37.5 Å². The predicted octanol–water partition coefficient (Wildman–Crippen LogP) is 2.38. The number of hydrogen-bond donors (Lipinski definition) is 3. The summed E-state index contributed by atoms with van der Waals surface area (Å²) >= 11 is 0. The third-order valence-corrected chi connectivity index (χ3v) is 3.96. The van der Waals surface area contributed by atoms with E-state index >= 15 is 0 Å². The molecule has 1 aromatic carbocycles. The molecule has 3 N–H and O–H groups in total. The minimum absolute atomic E-state index is 0.0990. The van der Waals surface area contributed by atoms with E-state index in [1.54, 1.807) is 6.92 Å². The SMILES string of the molecule is C[C@@H](NCC(=O)NC(=O)NC1CCCC1)c1ccc(F)c(F)c1. The lowest BCUT2D eigenvalue weighted by Crippen LogP contribution is -2.46. The molecule has 1 aromatic rings. The lowest BCUT2D eigenvalue weighted by Gasteiger charge is -2.15. The number of urea groups is 1. The quantitative estimate of drug-likeness (QED) is 0.778. The van der Waals surface area contributed by atoms with E-state index in [-0.39, 0.29) is 18.6 Å². The van der Waals surface area contributed by atoms with E-state index in [0.29, 0.717) is 5.56 Å². The van der Waals surface area contributed by atoms with Gasteiger partial charge in [0.25, 0.3) is 0 Å². The molecule has 1 fully saturated rings. The molecule has 1 atom stereocenters. The Bertz CT molecular complexity index is 574. The molecule has 1 saturated carbocycles. The van der Waals surface area contributed by atoms with E-state index in [1.807, 2.05) is 0 Å². The number of hydrogen-bond acceptors (Lipinski definition) is 3. The van der Waals surface area contributed by atoms with Crippen molar-refractivity contribution in [2.75, 3.05) is 6.54 Å². The second kappa shape index (κ2) is 8.01. The van der Waals surface area contributed by atoms with Crippen LogP contribution in [0.15, 0.2) is 18.2 Å². The Morgan fingerprint density at radius 3 is 2.57 bits per heavy atom. The molecule has 0 aliphatic heterocycles. The highest BCUT2D eigenvalue weighted by molar-refractivity contribution is 5.95. The van der Waals surface area contributed by atoms with Crippen LogP contribution in [0.25, 0.3) is 0 Å². The number of carbonyl (C=O) groups excluding carboxylic acids is 2. The van der Waals surface area contributed by atoms with E-state index < -0.39 is 23.6 Å². The summed E-state index contributed by atoms with van der Waals surface area (Å²) in [6, 6.07) is 2.85. The fraction of sp³-hybridized carbons (Fsp3) is 0.500. The number of halogens is 2. The Kier molecular flexibility index (Phi) is 6.04. The first-order valence-corrected chi connectivity index (χ1v) is 7.74. The van der Waals surface area contributed by atoms with Crippen molar-refractivity contribution in [2.24, 2.45) is 0 Å².